The van der Waals surface area contributed by atoms with Crippen molar-refractivity contribution in [2.75, 3.05) is 14.1 Å². The average molecular weight is 246 g/mol. The van der Waals surface area contributed by atoms with Gasteiger partial charge in [0.05, 0.1) is 5.69 Å². The summed E-state index contributed by atoms with van der Waals surface area (Å²) < 4.78 is 28.4. The summed E-state index contributed by atoms with van der Waals surface area (Å²) in [6.45, 7) is 4.05. The van der Waals surface area contributed by atoms with Gasteiger partial charge in [0.2, 0.25) is 0 Å². The lowest BCUT2D eigenvalue weighted by Crippen LogP contribution is -2.35. The maximum atomic E-state index is 11.5. The van der Waals surface area contributed by atoms with Crippen LogP contribution in [0.2, 0.25) is 0 Å². The molecule has 0 saturated carbocycles. The highest BCUT2D eigenvalue weighted by atomic mass is 32.2. The van der Waals surface area contributed by atoms with E-state index in [2.05, 4.69) is 9.82 Å². The molecule has 0 amide bonds. The molecule has 1 aromatic heterocycles. The topological polar surface area (TPSA) is 67.2 Å². The Balaban J connectivity index is 2.84. The molecular formula is C9H18N4O2S. The van der Waals surface area contributed by atoms with Crippen molar-refractivity contribution in [3.05, 3.63) is 17.0 Å². The zero-order valence-electron chi connectivity index (χ0n) is 10.3. The van der Waals surface area contributed by atoms with E-state index in [1.807, 2.05) is 20.9 Å². The van der Waals surface area contributed by atoms with E-state index in [0.29, 0.717) is 0 Å². The summed E-state index contributed by atoms with van der Waals surface area (Å²) in [5.74, 6) is 0. The molecule has 0 aliphatic carbocycles. The largest absolute Gasteiger partial charge is 0.279 e. The number of aromatic nitrogens is 2. The van der Waals surface area contributed by atoms with Gasteiger partial charge >= 0.3 is 0 Å². The number of nitrogens with one attached hydrogen (secondary N) is 1. The second kappa shape index (κ2) is 4.52. The second-order valence-electron chi connectivity index (χ2n) is 3.88. The second-order valence-corrected chi connectivity index (χ2v) is 5.85. The van der Waals surface area contributed by atoms with E-state index < -0.39 is 10.2 Å². The van der Waals surface area contributed by atoms with Gasteiger partial charge in [-0.25, -0.2) is 0 Å². The van der Waals surface area contributed by atoms with Crippen molar-refractivity contribution >= 4 is 10.2 Å². The van der Waals surface area contributed by atoms with Crippen LogP contribution in [0.25, 0.3) is 0 Å². The number of nitrogens with zero attached hydrogens (tertiary/aromatic N) is 3. The summed E-state index contributed by atoms with van der Waals surface area (Å²) in [5.41, 5.74) is 2.74. The van der Waals surface area contributed by atoms with Crippen LogP contribution in [-0.2, 0) is 23.8 Å². The molecule has 1 N–H and O–H groups in total. The van der Waals surface area contributed by atoms with Crippen LogP contribution < -0.4 is 4.72 Å². The first-order chi connectivity index (χ1) is 7.25. The minimum Gasteiger partial charge on any atom is -0.272 e. The van der Waals surface area contributed by atoms with E-state index in [1.54, 1.807) is 4.68 Å². The lowest BCUT2D eigenvalue weighted by Gasteiger charge is -2.12. The highest BCUT2D eigenvalue weighted by molar-refractivity contribution is 7.87. The van der Waals surface area contributed by atoms with E-state index in [4.69, 9.17) is 0 Å². The Kier molecular flexibility index (Phi) is 3.72. The van der Waals surface area contributed by atoms with Crippen molar-refractivity contribution < 1.29 is 8.42 Å². The van der Waals surface area contributed by atoms with Gasteiger partial charge in [-0.05, 0) is 13.8 Å². The van der Waals surface area contributed by atoms with E-state index in [1.165, 1.54) is 14.1 Å². The molecule has 1 heterocycles. The SMILES string of the molecule is Cc1nn(C)c(C)c1CNS(=O)(=O)N(C)C. The van der Waals surface area contributed by atoms with Gasteiger partial charge in [-0.3, -0.25) is 4.68 Å². The van der Waals surface area contributed by atoms with E-state index in [-0.39, 0.29) is 6.54 Å². The molecule has 0 aliphatic heterocycles. The molecule has 0 radical (unpaired) electrons. The van der Waals surface area contributed by atoms with E-state index >= 15 is 0 Å². The van der Waals surface area contributed by atoms with Gasteiger partial charge < -0.3 is 0 Å². The first kappa shape index (κ1) is 13.1. The summed E-state index contributed by atoms with van der Waals surface area (Å²) in [6, 6.07) is 0. The molecule has 6 nitrogen and oxygen atoms in total. The standard InChI is InChI=1S/C9H18N4O2S/c1-7-9(8(2)13(5)11-7)6-10-16(14,15)12(3)4/h10H,6H2,1-5H3. The molecule has 0 spiro atoms. The Hall–Kier alpha value is -0.920. The predicted octanol–water partition coefficient (Wildman–Crippen LogP) is -0.0671. The summed E-state index contributed by atoms with van der Waals surface area (Å²) >= 11 is 0. The minimum atomic E-state index is -3.37. The highest BCUT2D eigenvalue weighted by Gasteiger charge is 2.15. The first-order valence-corrected chi connectivity index (χ1v) is 6.36. The molecular weight excluding hydrogens is 228 g/mol. The van der Waals surface area contributed by atoms with Gasteiger partial charge in [0.15, 0.2) is 0 Å². The zero-order valence-corrected chi connectivity index (χ0v) is 11.1. The Bertz CT molecular complexity index is 476. The molecule has 0 aliphatic rings. The molecule has 0 bridgehead atoms. The smallest absolute Gasteiger partial charge is 0.272 e. The third kappa shape index (κ3) is 2.60. The lowest BCUT2D eigenvalue weighted by atomic mass is 10.2. The predicted molar refractivity (Wildman–Crippen MR) is 62.1 cm³/mol. The molecule has 1 aromatic rings. The quantitative estimate of drug-likeness (QED) is 0.809. The van der Waals surface area contributed by atoms with E-state index in [0.717, 1.165) is 21.3 Å². The van der Waals surface area contributed by atoms with Crippen LogP contribution in [0.15, 0.2) is 0 Å². The molecule has 0 saturated heterocycles. The van der Waals surface area contributed by atoms with Gasteiger partial charge in [0.25, 0.3) is 10.2 Å². The Morgan fingerprint density at radius 2 is 1.94 bits per heavy atom. The van der Waals surface area contributed by atoms with E-state index in [9.17, 15) is 8.42 Å². The first-order valence-electron chi connectivity index (χ1n) is 4.92. The fourth-order valence-electron chi connectivity index (χ4n) is 1.37. The van der Waals surface area contributed by atoms with Crippen LogP contribution >= 0.6 is 0 Å². The molecule has 1 rings (SSSR count). The molecule has 0 unspecified atom stereocenters. The summed E-state index contributed by atoms with van der Waals surface area (Å²) in [6.07, 6.45) is 0. The van der Waals surface area contributed by atoms with Gasteiger partial charge in [-0.1, -0.05) is 0 Å². The number of aryl methyl sites for hydroxylation is 2. The van der Waals surface area contributed by atoms with Gasteiger partial charge in [0.1, 0.15) is 0 Å². The monoisotopic (exact) mass is 246 g/mol. The van der Waals surface area contributed by atoms with Crippen LogP contribution in [0.4, 0.5) is 0 Å². The van der Waals surface area contributed by atoms with Crippen LogP contribution in [0, 0.1) is 13.8 Å². The molecule has 0 aromatic carbocycles. The lowest BCUT2D eigenvalue weighted by molar-refractivity contribution is 0.505. The maximum absolute atomic E-state index is 11.5. The molecule has 7 heteroatoms. The van der Waals surface area contributed by atoms with Crippen molar-refractivity contribution in [3.63, 3.8) is 0 Å². The van der Waals surface area contributed by atoms with Crippen molar-refractivity contribution in [2.45, 2.75) is 20.4 Å². The number of hydrogen-bond acceptors (Lipinski definition) is 3. The summed E-state index contributed by atoms with van der Waals surface area (Å²) in [7, 11) is 1.45. The molecule has 0 fully saturated rings. The van der Waals surface area contributed by atoms with Gasteiger partial charge in [-0.15, -0.1) is 0 Å². The van der Waals surface area contributed by atoms with Crippen LogP contribution in [0.5, 0.6) is 0 Å². The maximum Gasteiger partial charge on any atom is 0.279 e. The Morgan fingerprint density at radius 3 is 2.31 bits per heavy atom. The van der Waals surface area contributed by atoms with Crippen LogP contribution in [0.3, 0.4) is 0 Å². The van der Waals surface area contributed by atoms with Crippen molar-refractivity contribution in [1.29, 1.82) is 0 Å². The fraction of sp³-hybridized carbons (Fsp3) is 0.667. The van der Waals surface area contributed by atoms with Gasteiger partial charge in [-0.2, -0.15) is 22.5 Å². The number of rotatable bonds is 4. The minimum absolute atomic E-state index is 0.270. The average Bonchev–Trinajstić information content (AvgIpc) is 2.39. The Morgan fingerprint density at radius 1 is 1.38 bits per heavy atom. The van der Waals surface area contributed by atoms with Crippen molar-refractivity contribution in [2.24, 2.45) is 7.05 Å². The highest BCUT2D eigenvalue weighted by Crippen LogP contribution is 2.11. The third-order valence-electron chi connectivity index (χ3n) is 2.57. The van der Waals surface area contributed by atoms with Crippen molar-refractivity contribution in [3.8, 4) is 0 Å². The molecule has 92 valence electrons. The van der Waals surface area contributed by atoms with Gasteiger partial charge in [0, 0.05) is 38.9 Å². The van der Waals surface area contributed by atoms with Crippen LogP contribution in [0.1, 0.15) is 17.0 Å². The molecule has 0 atom stereocenters. The normalized spacial score (nSPS) is 12.4. The van der Waals surface area contributed by atoms with Crippen molar-refractivity contribution in [1.82, 2.24) is 18.8 Å². The molecule has 16 heavy (non-hydrogen) atoms. The number of hydrogen-bond donors (Lipinski definition) is 1. The Labute approximate surface area is 96.4 Å². The summed E-state index contributed by atoms with van der Waals surface area (Å²) in [4.78, 5) is 0. The zero-order chi connectivity index (χ0) is 12.5. The third-order valence-corrected chi connectivity index (χ3v) is 4.04. The van der Waals surface area contributed by atoms with Crippen LogP contribution in [-0.4, -0.2) is 36.6 Å². The fourth-order valence-corrected chi connectivity index (χ4v) is 1.95. The summed E-state index contributed by atoms with van der Waals surface area (Å²) in [5, 5.41) is 4.22.